The summed E-state index contributed by atoms with van der Waals surface area (Å²) >= 11 is 0. The summed E-state index contributed by atoms with van der Waals surface area (Å²) < 4.78 is 31.7. The van der Waals surface area contributed by atoms with Gasteiger partial charge in [-0.2, -0.15) is 0 Å². The number of rotatable bonds is 0. The van der Waals surface area contributed by atoms with E-state index in [-0.39, 0.29) is 47.7 Å². The molecule has 44 atom stereocenters. The van der Waals surface area contributed by atoms with E-state index in [0.717, 1.165) is 179 Å². The SMILES string of the molecule is CC.CC.CC1C(C)C2CC1C1C3CC(C4C(=O)OCC34)C21.CC1C(C)C2CC1C1C3CC(C4C(=O)OCC34)C21.CC1C(C)C2CC1C1CC(=O)OC21.CC1C(C)C2CC1C1CCOC(=O)C21.CC1C(C)C2CC1C1COC(=O)C21.CC1C(C)C2CC1C1COC(=O)CC21. The van der Waals surface area contributed by atoms with Gasteiger partial charge in [0.25, 0.3) is 0 Å². The van der Waals surface area contributed by atoms with Gasteiger partial charge in [-0.3, -0.25) is 28.8 Å². The van der Waals surface area contributed by atoms with Crippen LogP contribution in [0.3, 0.4) is 0 Å². The fraction of sp³-hybridized carbons (Fsp3) is 0.927. The van der Waals surface area contributed by atoms with Crippen LogP contribution in [-0.2, 0) is 57.2 Å². The first-order chi connectivity index (χ1) is 45.1. The molecule has 0 N–H and O–H groups in total. The van der Waals surface area contributed by atoms with Gasteiger partial charge in [-0.05, 0) is 265 Å². The summed E-state index contributed by atoms with van der Waals surface area (Å²) in [5.41, 5.74) is 0. The van der Waals surface area contributed by atoms with Gasteiger partial charge >= 0.3 is 35.8 Å². The molecule has 16 saturated carbocycles. The third-order valence-corrected chi connectivity index (χ3v) is 35.8. The molecule has 6 saturated heterocycles. The van der Waals surface area contributed by atoms with Crippen LogP contribution < -0.4 is 0 Å². The van der Waals surface area contributed by atoms with Crippen molar-refractivity contribution in [3.05, 3.63) is 0 Å². The molecule has 0 radical (unpaired) electrons. The first-order valence-electron chi connectivity index (χ1n) is 40.1. The highest BCUT2D eigenvalue weighted by atomic mass is 16.6. The molecule has 44 unspecified atom stereocenters. The number of hydrogen-bond acceptors (Lipinski definition) is 12. The third kappa shape index (κ3) is 9.62. The Hall–Kier alpha value is -3.18. The normalized spacial score (nSPS) is 58.6. The minimum absolute atomic E-state index is 0.0404. The van der Waals surface area contributed by atoms with E-state index < -0.39 is 0 Å². The second-order valence-corrected chi connectivity index (χ2v) is 36.8. The molecule has 16 bridgehead atoms. The van der Waals surface area contributed by atoms with Crippen molar-refractivity contribution < 1.29 is 57.2 Å². The molecular formula is C82H124O12. The lowest BCUT2D eigenvalue weighted by Gasteiger charge is -2.43. The Morgan fingerprint density at radius 1 is 0.245 bits per heavy atom. The molecule has 6 aliphatic heterocycles. The van der Waals surface area contributed by atoms with Crippen molar-refractivity contribution in [2.24, 2.45) is 254 Å². The molecule has 0 amide bonds. The highest BCUT2D eigenvalue weighted by Gasteiger charge is 2.73. The van der Waals surface area contributed by atoms with Gasteiger partial charge in [0.15, 0.2) is 0 Å². The Morgan fingerprint density at radius 2 is 0.532 bits per heavy atom. The molecule has 22 aliphatic rings. The van der Waals surface area contributed by atoms with Gasteiger partial charge in [-0.1, -0.05) is 111 Å². The zero-order valence-corrected chi connectivity index (χ0v) is 60.6. The predicted molar refractivity (Wildman–Crippen MR) is 356 cm³/mol. The number of hydrogen-bond donors (Lipinski definition) is 0. The Balaban J connectivity index is 0.0000000925. The average Bonchev–Trinajstić information content (AvgIpc) is 1.52. The molecule has 22 fully saturated rings. The van der Waals surface area contributed by atoms with Crippen LogP contribution in [0.5, 0.6) is 0 Å². The maximum Gasteiger partial charge on any atom is 0.309 e. The number of fused-ring (bicyclic) bond motifs is 44. The first-order valence-corrected chi connectivity index (χ1v) is 40.1. The molecule has 22 rings (SSSR count). The Morgan fingerprint density at radius 3 is 1.01 bits per heavy atom. The predicted octanol–water partition coefficient (Wildman–Crippen LogP) is 14.9. The van der Waals surface area contributed by atoms with E-state index >= 15 is 0 Å². The Kier molecular flexibility index (Phi) is 17.6. The molecule has 94 heavy (non-hydrogen) atoms. The van der Waals surface area contributed by atoms with Crippen LogP contribution in [0.2, 0.25) is 0 Å². The van der Waals surface area contributed by atoms with Gasteiger partial charge in [-0.25, -0.2) is 0 Å². The minimum Gasteiger partial charge on any atom is -0.465 e. The van der Waals surface area contributed by atoms with Crippen molar-refractivity contribution in [1.82, 2.24) is 0 Å². The fourth-order valence-corrected chi connectivity index (χ4v) is 30.9. The monoisotopic (exact) mass is 1300 g/mol. The summed E-state index contributed by atoms with van der Waals surface area (Å²) in [5, 5.41) is 0. The topological polar surface area (TPSA) is 158 Å². The summed E-state index contributed by atoms with van der Waals surface area (Å²) in [5.74, 6) is 32.6. The summed E-state index contributed by atoms with van der Waals surface area (Å²) in [7, 11) is 0. The molecule has 0 spiro atoms. The van der Waals surface area contributed by atoms with E-state index in [4.69, 9.17) is 28.4 Å². The van der Waals surface area contributed by atoms with E-state index in [1.165, 1.54) is 51.4 Å². The zero-order valence-electron chi connectivity index (χ0n) is 60.6. The van der Waals surface area contributed by atoms with Crippen molar-refractivity contribution in [2.45, 2.75) is 188 Å². The molecule has 16 aliphatic carbocycles. The number of carbonyl (C=O) groups excluding carboxylic acids is 6. The van der Waals surface area contributed by atoms with Crippen molar-refractivity contribution in [3.8, 4) is 0 Å². The molecular weight excluding hydrogens is 1180 g/mol. The van der Waals surface area contributed by atoms with E-state index in [1.807, 2.05) is 27.7 Å². The first kappa shape index (κ1) is 66.7. The maximum absolute atomic E-state index is 12.0. The van der Waals surface area contributed by atoms with Crippen LogP contribution in [0.1, 0.15) is 181 Å². The van der Waals surface area contributed by atoms with E-state index in [0.29, 0.717) is 122 Å². The van der Waals surface area contributed by atoms with Crippen molar-refractivity contribution >= 4 is 35.8 Å². The number of esters is 6. The second kappa shape index (κ2) is 24.9. The maximum atomic E-state index is 12.0. The molecule has 524 valence electrons. The lowest BCUT2D eigenvalue weighted by molar-refractivity contribution is -0.161. The lowest BCUT2D eigenvalue weighted by Crippen LogP contribution is -2.42. The Labute approximate surface area is 565 Å². The second-order valence-electron chi connectivity index (χ2n) is 36.8. The highest BCUT2D eigenvalue weighted by molar-refractivity contribution is 5.78. The van der Waals surface area contributed by atoms with Gasteiger partial charge in [0, 0.05) is 30.1 Å². The molecule has 0 aromatic rings. The number of cyclic esters (lactones) is 5. The molecule has 12 nitrogen and oxygen atoms in total. The molecule has 0 aromatic carbocycles. The van der Waals surface area contributed by atoms with Crippen molar-refractivity contribution in [2.75, 3.05) is 33.0 Å². The van der Waals surface area contributed by atoms with E-state index in [1.54, 1.807) is 0 Å². The van der Waals surface area contributed by atoms with E-state index in [9.17, 15) is 28.8 Å². The third-order valence-electron chi connectivity index (χ3n) is 35.8. The summed E-state index contributed by atoms with van der Waals surface area (Å²) in [6.07, 6.45) is 13.7. The van der Waals surface area contributed by atoms with Gasteiger partial charge in [0.2, 0.25) is 0 Å². The van der Waals surface area contributed by atoms with E-state index in [2.05, 4.69) is 83.1 Å². The minimum atomic E-state index is 0.0404. The quantitative estimate of drug-likeness (QED) is 0.129. The van der Waals surface area contributed by atoms with Gasteiger partial charge in [0.1, 0.15) is 6.10 Å². The summed E-state index contributed by atoms with van der Waals surface area (Å²) in [6.45, 7) is 40.2. The molecule has 12 heteroatoms. The van der Waals surface area contributed by atoms with Crippen LogP contribution >= 0.6 is 0 Å². The van der Waals surface area contributed by atoms with Crippen LogP contribution in [0.4, 0.5) is 0 Å². The molecule has 6 heterocycles. The van der Waals surface area contributed by atoms with Gasteiger partial charge in [-0.15, -0.1) is 0 Å². The van der Waals surface area contributed by atoms with Crippen LogP contribution in [-0.4, -0.2) is 75.0 Å². The number of ether oxygens (including phenoxy) is 6. The van der Waals surface area contributed by atoms with Crippen LogP contribution in [0, 0.1) is 254 Å². The van der Waals surface area contributed by atoms with Gasteiger partial charge < -0.3 is 28.4 Å². The summed E-state index contributed by atoms with van der Waals surface area (Å²) in [4.78, 5) is 69.5. The van der Waals surface area contributed by atoms with Crippen molar-refractivity contribution in [3.63, 3.8) is 0 Å². The van der Waals surface area contributed by atoms with Crippen LogP contribution in [0.25, 0.3) is 0 Å². The standard InChI is InChI=1S/2C16H22O2.2C12H18O2.2C11H16O2.2C2H6/c2*1-6-7(2)9-3-8(6)13-10-4-11(14(9)13)15-12(10)5-18-16(15)17;1-6-7(2)9-3-8(6)10-4-12(13)14-5-11(9)10;1-6-7(2)10-5-9(6)8-3-4-14-12(13)11(8)10;1-5-6(2)8-3-7(5)9-4-13-11(12)10(8)9;1-5-6(2)8-3-7(5)9-4-10(12)13-11(8)9;2*1-2/h2*6-15H,3-5H2,1-2H3;2*6-11H,3-5H2,1-2H3;5-10H,3-4H2,1-2H3;5-9,11H,3-4H2,1-2H3;2*1-2H3. The summed E-state index contributed by atoms with van der Waals surface area (Å²) in [6, 6.07) is 0. The fourth-order valence-electron chi connectivity index (χ4n) is 30.9. The highest BCUT2D eigenvalue weighted by Crippen LogP contribution is 2.75. The smallest absolute Gasteiger partial charge is 0.309 e. The average molecular weight is 1300 g/mol. The zero-order chi connectivity index (χ0) is 66.4. The molecule has 0 aromatic heterocycles. The van der Waals surface area contributed by atoms with Crippen molar-refractivity contribution in [1.29, 1.82) is 0 Å². The van der Waals surface area contributed by atoms with Gasteiger partial charge in [0.05, 0.1) is 63.1 Å². The largest absolute Gasteiger partial charge is 0.465 e. The lowest BCUT2D eigenvalue weighted by atomic mass is 9.60. The Bertz CT molecular complexity index is 2790. The number of carbonyl (C=O) groups is 6. The van der Waals surface area contributed by atoms with Crippen LogP contribution in [0.15, 0.2) is 0 Å².